The van der Waals surface area contributed by atoms with Crippen LogP contribution < -0.4 is 4.90 Å². The molecule has 106 valence electrons. The summed E-state index contributed by atoms with van der Waals surface area (Å²) in [5.41, 5.74) is -0.447. The first-order valence-corrected chi connectivity index (χ1v) is 7.39. The number of anilines is 1. The molecule has 0 atom stereocenters. The summed E-state index contributed by atoms with van der Waals surface area (Å²) in [6, 6.07) is 0. The second-order valence-corrected chi connectivity index (χ2v) is 7.04. The molecule has 2 rings (SSSR count). The van der Waals surface area contributed by atoms with Gasteiger partial charge in [-0.25, -0.2) is 9.78 Å². The highest BCUT2D eigenvalue weighted by Crippen LogP contribution is 2.27. The Kier molecular flexibility index (Phi) is 4.20. The summed E-state index contributed by atoms with van der Waals surface area (Å²) in [6.45, 7) is 8.42. The zero-order valence-corrected chi connectivity index (χ0v) is 12.9. The average molecular weight is 304 g/mol. The van der Waals surface area contributed by atoms with Crippen molar-refractivity contribution in [1.82, 2.24) is 9.88 Å². The number of hydrogen-bond acceptors (Lipinski definition) is 5. The molecule has 0 unspecified atom stereocenters. The van der Waals surface area contributed by atoms with E-state index < -0.39 is 5.60 Å². The summed E-state index contributed by atoms with van der Waals surface area (Å²) in [6.07, 6.45) is 1.41. The smallest absolute Gasteiger partial charge is 0.410 e. The third-order valence-corrected chi connectivity index (χ3v) is 3.84. The molecule has 0 saturated carbocycles. The summed E-state index contributed by atoms with van der Waals surface area (Å²) in [7, 11) is 0. The zero-order chi connectivity index (χ0) is 14.0. The molecule has 1 aliphatic heterocycles. The predicted molar refractivity (Wildman–Crippen MR) is 77.1 cm³/mol. The van der Waals surface area contributed by atoms with Crippen molar-refractivity contribution in [2.24, 2.45) is 0 Å². The van der Waals surface area contributed by atoms with Crippen LogP contribution in [0.3, 0.4) is 0 Å². The van der Waals surface area contributed by atoms with Crippen LogP contribution in [0.1, 0.15) is 20.8 Å². The van der Waals surface area contributed by atoms with Crippen LogP contribution in [0, 0.1) is 0 Å². The van der Waals surface area contributed by atoms with Gasteiger partial charge in [-0.15, -0.1) is 0 Å². The number of amides is 1. The standard InChI is InChI=1S/C12H18ClN3O2S/c1-12(2,3)18-11(17)16-6-4-15(5-7-16)10-14-8-9(13)19-10/h8H,4-7H2,1-3H3. The van der Waals surface area contributed by atoms with Gasteiger partial charge < -0.3 is 14.5 Å². The van der Waals surface area contributed by atoms with Crippen molar-refractivity contribution in [1.29, 1.82) is 0 Å². The van der Waals surface area contributed by atoms with E-state index in [0.29, 0.717) is 17.4 Å². The molecule has 1 aliphatic rings. The number of halogens is 1. The normalized spacial score (nSPS) is 16.6. The van der Waals surface area contributed by atoms with Gasteiger partial charge in [-0.2, -0.15) is 0 Å². The van der Waals surface area contributed by atoms with E-state index in [1.807, 2.05) is 20.8 Å². The summed E-state index contributed by atoms with van der Waals surface area (Å²) >= 11 is 7.34. The van der Waals surface area contributed by atoms with E-state index >= 15 is 0 Å². The Labute approximate surface area is 122 Å². The molecule has 1 aromatic rings. The molecule has 19 heavy (non-hydrogen) atoms. The van der Waals surface area contributed by atoms with Crippen molar-refractivity contribution in [2.75, 3.05) is 31.1 Å². The fourth-order valence-corrected chi connectivity index (χ4v) is 2.75. The van der Waals surface area contributed by atoms with E-state index in [2.05, 4.69) is 9.88 Å². The third-order valence-electron chi connectivity index (χ3n) is 2.67. The Morgan fingerprint density at radius 2 is 2.00 bits per heavy atom. The van der Waals surface area contributed by atoms with Crippen LogP contribution in [-0.2, 0) is 4.74 Å². The second kappa shape index (κ2) is 5.54. The highest BCUT2D eigenvalue weighted by Gasteiger charge is 2.26. The van der Waals surface area contributed by atoms with Gasteiger partial charge in [0.2, 0.25) is 0 Å². The van der Waals surface area contributed by atoms with Crippen LogP contribution in [0.2, 0.25) is 4.34 Å². The van der Waals surface area contributed by atoms with Crippen LogP contribution in [0.25, 0.3) is 0 Å². The molecule has 0 radical (unpaired) electrons. The lowest BCUT2D eigenvalue weighted by Crippen LogP contribution is -2.50. The Morgan fingerprint density at radius 3 is 2.47 bits per heavy atom. The van der Waals surface area contributed by atoms with Gasteiger partial charge in [0.05, 0.1) is 6.20 Å². The van der Waals surface area contributed by atoms with Gasteiger partial charge in [-0.05, 0) is 20.8 Å². The van der Waals surface area contributed by atoms with Crippen LogP contribution in [-0.4, -0.2) is 47.8 Å². The Balaban J connectivity index is 1.87. The van der Waals surface area contributed by atoms with Gasteiger partial charge in [0.1, 0.15) is 9.94 Å². The molecule has 0 N–H and O–H groups in total. The number of piperazine rings is 1. The molecule has 0 spiro atoms. The predicted octanol–water partition coefficient (Wildman–Crippen LogP) is 2.85. The molecule has 2 heterocycles. The van der Waals surface area contributed by atoms with E-state index in [1.165, 1.54) is 11.3 Å². The minimum Gasteiger partial charge on any atom is -0.444 e. The van der Waals surface area contributed by atoms with Crippen molar-refractivity contribution >= 4 is 34.2 Å². The molecule has 5 nitrogen and oxygen atoms in total. The fourth-order valence-electron chi connectivity index (χ4n) is 1.80. The molecule has 1 amide bonds. The quantitative estimate of drug-likeness (QED) is 0.800. The first-order chi connectivity index (χ1) is 8.85. The first kappa shape index (κ1) is 14.4. The number of carbonyl (C=O) groups excluding carboxylic acids is 1. The highest BCUT2D eigenvalue weighted by molar-refractivity contribution is 7.19. The maximum atomic E-state index is 11.9. The number of aromatic nitrogens is 1. The topological polar surface area (TPSA) is 45.7 Å². The molecule has 0 bridgehead atoms. The van der Waals surface area contributed by atoms with E-state index in [1.54, 1.807) is 11.1 Å². The molecule has 1 saturated heterocycles. The van der Waals surface area contributed by atoms with Gasteiger partial charge in [0, 0.05) is 26.2 Å². The lowest BCUT2D eigenvalue weighted by molar-refractivity contribution is 0.0240. The number of carbonyl (C=O) groups is 1. The minimum atomic E-state index is -0.447. The van der Waals surface area contributed by atoms with E-state index in [0.717, 1.165) is 18.2 Å². The first-order valence-electron chi connectivity index (χ1n) is 6.19. The van der Waals surface area contributed by atoms with Gasteiger partial charge in [0.15, 0.2) is 5.13 Å². The van der Waals surface area contributed by atoms with E-state index in [-0.39, 0.29) is 6.09 Å². The molecular weight excluding hydrogens is 286 g/mol. The lowest BCUT2D eigenvalue weighted by atomic mass is 10.2. The van der Waals surface area contributed by atoms with Crippen molar-refractivity contribution < 1.29 is 9.53 Å². The second-order valence-electron chi connectivity index (χ2n) is 5.40. The average Bonchev–Trinajstić information content (AvgIpc) is 2.74. The Hall–Kier alpha value is -1.01. The summed E-state index contributed by atoms with van der Waals surface area (Å²) in [4.78, 5) is 20.0. The molecule has 0 aromatic carbocycles. The maximum Gasteiger partial charge on any atom is 0.410 e. The van der Waals surface area contributed by atoms with E-state index in [9.17, 15) is 4.79 Å². The number of ether oxygens (including phenoxy) is 1. The van der Waals surface area contributed by atoms with E-state index in [4.69, 9.17) is 16.3 Å². The van der Waals surface area contributed by atoms with Crippen LogP contribution in [0.4, 0.5) is 9.93 Å². The Morgan fingerprint density at radius 1 is 1.37 bits per heavy atom. The molecular formula is C12H18ClN3O2S. The van der Waals surface area contributed by atoms with Crippen molar-refractivity contribution in [3.05, 3.63) is 10.5 Å². The Bertz CT molecular complexity index is 450. The summed E-state index contributed by atoms with van der Waals surface area (Å²) < 4.78 is 6.04. The van der Waals surface area contributed by atoms with Gasteiger partial charge in [-0.1, -0.05) is 22.9 Å². The van der Waals surface area contributed by atoms with Crippen molar-refractivity contribution in [3.63, 3.8) is 0 Å². The molecule has 1 aromatic heterocycles. The number of nitrogens with zero attached hydrogens (tertiary/aromatic N) is 3. The SMILES string of the molecule is CC(C)(C)OC(=O)N1CCN(c2ncc(Cl)s2)CC1. The monoisotopic (exact) mass is 303 g/mol. The van der Waals surface area contributed by atoms with Crippen LogP contribution >= 0.6 is 22.9 Å². The summed E-state index contributed by atoms with van der Waals surface area (Å²) in [5.74, 6) is 0. The number of hydrogen-bond donors (Lipinski definition) is 0. The van der Waals surface area contributed by atoms with Crippen LogP contribution in [0.15, 0.2) is 6.20 Å². The fraction of sp³-hybridized carbons (Fsp3) is 0.667. The highest BCUT2D eigenvalue weighted by atomic mass is 35.5. The molecule has 1 fully saturated rings. The molecule has 0 aliphatic carbocycles. The van der Waals surface area contributed by atoms with Gasteiger partial charge in [0.25, 0.3) is 0 Å². The third kappa shape index (κ3) is 3.98. The maximum absolute atomic E-state index is 11.9. The minimum absolute atomic E-state index is 0.246. The van der Waals surface area contributed by atoms with Crippen molar-refractivity contribution in [3.8, 4) is 0 Å². The number of rotatable bonds is 1. The largest absolute Gasteiger partial charge is 0.444 e. The van der Waals surface area contributed by atoms with Gasteiger partial charge >= 0.3 is 6.09 Å². The molecule has 7 heteroatoms. The zero-order valence-electron chi connectivity index (χ0n) is 11.4. The van der Waals surface area contributed by atoms with Crippen LogP contribution in [0.5, 0.6) is 0 Å². The lowest BCUT2D eigenvalue weighted by Gasteiger charge is -2.35. The summed E-state index contributed by atoms with van der Waals surface area (Å²) in [5, 5.41) is 0.911. The van der Waals surface area contributed by atoms with Crippen molar-refractivity contribution in [2.45, 2.75) is 26.4 Å². The van der Waals surface area contributed by atoms with Gasteiger partial charge in [-0.3, -0.25) is 0 Å². The number of thiazole rings is 1.